The number of anilines is 2. The summed E-state index contributed by atoms with van der Waals surface area (Å²) in [4.78, 5) is 23.1. The van der Waals surface area contributed by atoms with E-state index in [1.54, 1.807) is 0 Å². The standard InChI is InChI=1S/C15H13FN6O2/c1-2-9-4-14(10(8-23)3-12(9)16)21-15(24)13(17)7-22(18)11-5-19-20-6-11/h1,3-8H,17-18H2,(H,19,20)(H,21,24)/b13-7-. The number of hydrogen-bond donors (Lipinski definition) is 4. The molecule has 0 aliphatic heterocycles. The van der Waals surface area contributed by atoms with Crippen molar-refractivity contribution >= 4 is 23.6 Å². The molecule has 0 bridgehead atoms. The molecule has 1 aromatic heterocycles. The zero-order valence-corrected chi connectivity index (χ0v) is 12.3. The Kier molecular flexibility index (Phi) is 4.93. The number of benzene rings is 1. The lowest BCUT2D eigenvalue weighted by Gasteiger charge is -2.13. The molecule has 0 atom stereocenters. The van der Waals surface area contributed by atoms with E-state index in [-0.39, 0.29) is 22.5 Å². The van der Waals surface area contributed by atoms with Crippen LogP contribution in [0.25, 0.3) is 0 Å². The molecule has 1 amide bonds. The third kappa shape index (κ3) is 3.57. The molecule has 0 spiro atoms. The van der Waals surface area contributed by atoms with Gasteiger partial charge in [-0.3, -0.25) is 19.7 Å². The van der Waals surface area contributed by atoms with Crippen molar-refractivity contribution in [2.75, 3.05) is 10.3 Å². The van der Waals surface area contributed by atoms with Gasteiger partial charge >= 0.3 is 0 Å². The van der Waals surface area contributed by atoms with Crippen LogP contribution < -0.4 is 21.9 Å². The van der Waals surface area contributed by atoms with E-state index in [0.29, 0.717) is 12.0 Å². The maximum atomic E-state index is 13.6. The highest BCUT2D eigenvalue weighted by Gasteiger charge is 2.13. The summed E-state index contributed by atoms with van der Waals surface area (Å²) in [5, 5.41) is 9.72. The molecule has 0 fully saturated rings. The zero-order valence-electron chi connectivity index (χ0n) is 12.3. The van der Waals surface area contributed by atoms with Crippen molar-refractivity contribution in [2.24, 2.45) is 11.6 Å². The largest absolute Gasteiger partial charge is 0.393 e. The molecule has 24 heavy (non-hydrogen) atoms. The Morgan fingerprint density at radius 3 is 2.83 bits per heavy atom. The molecule has 9 heteroatoms. The highest BCUT2D eigenvalue weighted by Crippen LogP contribution is 2.19. The molecule has 2 rings (SSSR count). The van der Waals surface area contributed by atoms with Gasteiger partial charge in [0, 0.05) is 11.8 Å². The molecule has 0 aliphatic rings. The molecule has 8 nitrogen and oxygen atoms in total. The van der Waals surface area contributed by atoms with Crippen LogP contribution >= 0.6 is 0 Å². The maximum absolute atomic E-state index is 13.6. The fourth-order valence-electron chi connectivity index (χ4n) is 1.77. The second-order valence-electron chi connectivity index (χ2n) is 4.58. The Morgan fingerprint density at radius 2 is 2.25 bits per heavy atom. The number of nitrogens with one attached hydrogen (secondary N) is 2. The summed E-state index contributed by atoms with van der Waals surface area (Å²) in [6, 6.07) is 2.10. The first-order chi connectivity index (χ1) is 11.5. The normalized spacial score (nSPS) is 10.8. The number of halogens is 1. The monoisotopic (exact) mass is 328 g/mol. The predicted octanol–water partition coefficient (Wildman–Crippen LogP) is 0.461. The number of terminal acetylenes is 1. The van der Waals surface area contributed by atoms with E-state index in [1.807, 2.05) is 0 Å². The quantitative estimate of drug-likeness (QED) is 0.207. The van der Waals surface area contributed by atoms with Gasteiger partial charge in [0.2, 0.25) is 0 Å². The fourth-order valence-corrected chi connectivity index (χ4v) is 1.77. The Labute approximate surface area is 136 Å². The summed E-state index contributed by atoms with van der Waals surface area (Å²) in [5.41, 5.74) is 5.74. The van der Waals surface area contributed by atoms with Gasteiger partial charge in [0.15, 0.2) is 6.29 Å². The fraction of sp³-hybridized carbons (Fsp3) is 0. The van der Waals surface area contributed by atoms with Gasteiger partial charge in [0.05, 0.1) is 29.3 Å². The number of rotatable bonds is 5. The molecule has 0 unspecified atom stereocenters. The van der Waals surface area contributed by atoms with Crippen LogP contribution in [0.3, 0.4) is 0 Å². The van der Waals surface area contributed by atoms with Gasteiger partial charge in [-0.15, -0.1) is 6.42 Å². The molecule has 0 saturated carbocycles. The topological polar surface area (TPSA) is 130 Å². The minimum absolute atomic E-state index is 0.0348. The minimum Gasteiger partial charge on any atom is -0.393 e. The van der Waals surface area contributed by atoms with Crippen LogP contribution in [0.4, 0.5) is 15.8 Å². The van der Waals surface area contributed by atoms with Crippen LogP contribution in [0.1, 0.15) is 15.9 Å². The SMILES string of the molecule is C#Cc1cc(NC(=O)/C(N)=C/N(N)c2cn[nH]c2)c(C=O)cc1F. The van der Waals surface area contributed by atoms with Gasteiger partial charge in [-0.2, -0.15) is 5.10 Å². The van der Waals surface area contributed by atoms with E-state index < -0.39 is 11.7 Å². The highest BCUT2D eigenvalue weighted by molar-refractivity contribution is 6.05. The van der Waals surface area contributed by atoms with Crippen LogP contribution in [0, 0.1) is 18.2 Å². The van der Waals surface area contributed by atoms with Gasteiger partial charge in [0.1, 0.15) is 11.5 Å². The van der Waals surface area contributed by atoms with E-state index in [2.05, 4.69) is 21.4 Å². The third-order valence-corrected chi connectivity index (χ3v) is 2.99. The van der Waals surface area contributed by atoms with Gasteiger partial charge < -0.3 is 11.1 Å². The van der Waals surface area contributed by atoms with E-state index in [0.717, 1.165) is 17.3 Å². The third-order valence-electron chi connectivity index (χ3n) is 2.99. The summed E-state index contributed by atoms with van der Waals surface area (Å²) in [6.07, 6.45) is 9.62. The lowest BCUT2D eigenvalue weighted by molar-refractivity contribution is -0.112. The van der Waals surface area contributed by atoms with Crippen LogP contribution in [-0.2, 0) is 4.79 Å². The average Bonchev–Trinajstić information content (AvgIpc) is 3.10. The Morgan fingerprint density at radius 1 is 1.50 bits per heavy atom. The van der Waals surface area contributed by atoms with Crippen molar-refractivity contribution in [3.8, 4) is 12.3 Å². The summed E-state index contributed by atoms with van der Waals surface area (Å²) in [6.45, 7) is 0. The van der Waals surface area contributed by atoms with Gasteiger partial charge in [-0.05, 0) is 12.1 Å². The summed E-state index contributed by atoms with van der Waals surface area (Å²) in [7, 11) is 0. The molecule has 0 aliphatic carbocycles. The molecule has 0 radical (unpaired) electrons. The van der Waals surface area contributed by atoms with Crippen molar-refractivity contribution in [3.63, 3.8) is 0 Å². The molecule has 122 valence electrons. The first-order valence-corrected chi connectivity index (χ1v) is 6.53. The summed E-state index contributed by atoms with van der Waals surface area (Å²) in [5.74, 6) is 6.33. The Bertz CT molecular complexity index is 838. The van der Waals surface area contributed by atoms with E-state index >= 15 is 0 Å². The van der Waals surface area contributed by atoms with Crippen molar-refractivity contribution in [2.45, 2.75) is 0 Å². The predicted molar refractivity (Wildman–Crippen MR) is 85.9 cm³/mol. The van der Waals surface area contributed by atoms with E-state index in [4.69, 9.17) is 18.0 Å². The lowest BCUT2D eigenvalue weighted by atomic mass is 10.1. The van der Waals surface area contributed by atoms with E-state index in [1.165, 1.54) is 18.5 Å². The van der Waals surface area contributed by atoms with E-state index in [9.17, 15) is 14.0 Å². The number of carbonyl (C=O) groups is 2. The van der Waals surface area contributed by atoms with Crippen molar-refractivity contribution < 1.29 is 14.0 Å². The summed E-state index contributed by atoms with van der Waals surface area (Å²) >= 11 is 0. The average molecular weight is 328 g/mol. The van der Waals surface area contributed by atoms with Crippen molar-refractivity contribution in [1.82, 2.24) is 10.2 Å². The highest BCUT2D eigenvalue weighted by atomic mass is 19.1. The van der Waals surface area contributed by atoms with Crippen LogP contribution in [0.2, 0.25) is 0 Å². The maximum Gasteiger partial charge on any atom is 0.273 e. The molecule has 1 aromatic carbocycles. The number of aromatic nitrogens is 2. The van der Waals surface area contributed by atoms with Gasteiger partial charge in [-0.1, -0.05) is 5.92 Å². The number of aromatic amines is 1. The van der Waals surface area contributed by atoms with Gasteiger partial charge in [-0.25, -0.2) is 10.2 Å². The van der Waals surface area contributed by atoms with Crippen molar-refractivity contribution in [1.29, 1.82) is 0 Å². The second kappa shape index (κ2) is 7.08. The number of hydrogen-bond acceptors (Lipinski definition) is 6. The number of hydrazine groups is 1. The van der Waals surface area contributed by atoms with Crippen LogP contribution in [0.15, 0.2) is 36.4 Å². The first-order valence-electron chi connectivity index (χ1n) is 6.53. The van der Waals surface area contributed by atoms with Crippen LogP contribution in [-0.4, -0.2) is 22.4 Å². The number of carbonyl (C=O) groups excluding carboxylic acids is 2. The molecular formula is C15H13FN6O2. The molecular weight excluding hydrogens is 315 g/mol. The first kappa shape index (κ1) is 16.7. The number of nitrogens with two attached hydrogens (primary N) is 2. The summed E-state index contributed by atoms with van der Waals surface area (Å²) < 4.78 is 13.6. The number of H-pyrrole nitrogens is 1. The smallest absolute Gasteiger partial charge is 0.273 e. The minimum atomic E-state index is -0.744. The van der Waals surface area contributed by atoms with Crippen molar-refractivity contribution in [3.05, 3.63) is 53.4 Å². The number of amides is 1. The Hall–Kier alpha value is -3.64. The lowest BCUT2D eigenvalue weighted by Crippen LogP contribution is -2.29. The molecule has 6 N–H and O–H groups in total. The molecule has 0 saturated heterocycles. The Balaban J connectivity index is 2.23. The second-order valence-corrected chi connectivity index (χ2v) is 4.58. The number of aldehydes is 1. The number of nitrogens with zero attached hydrogens (tertiary/aromatic N) is 2. The van der Waals surface area contributed by atoms with Crippen LogP contribution in [0.5, 0.6) is 0 Å². The molecule has 1 heterocycles. The molecule has 2 aromatic rings. The zero-order chi connectivity index (χ0) is 17.7. The van der Waals surface area contributed by atoms with Gasteiger partial charge in [0.25, 0.3) is 5.91 Å².